The topological polar surface area (TPSA) is 43.2 Å². The van der Waals surface area contributed by atoms with Crippen LogP contribution in [0.25, 0.3) is 0 Å². The summed E-state index contributed by atoms with van der Waals surface area (Å²) in [6, 6.07) is 0. The molecule has 0 unspecified atom stereocenters. The summed E-state index contributed by atoms with van der Waals surface area (Å²) in [6.07, 6.45) is 4.19. The third-order valence-electron chi connectivity index (χ3n) is 3.64. The van der Waals surface area contributed by atoms with Crippen molar-refractivity contribution >= 4 is 0 Å². The molecule has 5 nitrogen and oxygen atoms in total. The third kappa shape index (κ3) is 2.66. The number of aromatic nitrogens is 3. The van der Waals surface area contributed by atoms with Crippen molar-refractivity contribution in [2.24, 2.45) is 7.05 Å². The molecule has 0 aromatic carbocycles. The van der Waals surface area contributed by atoms with Crippen LogP contribution in [0.3, 0.4) is 0 Å². The van der Waals surface area contributed by atoms with Crippen molar-refractivity contribution in [3.63, 3.8) is 0 Å². The van der Waals surface area contributed by atoms with Gasteiger partial charge in [0.05, 0.1) is 6.61 Å². The van der Waals surface area contributed by atoms with Crippen molar-refractivity contribution in [2.45, 2.75) is 25.2 Å². The summed E-state index contributed by atoms with van der Waals surface area (Å²) >= 11 is 0. The van der Waals surface area contributed by atoms with Crippen LogP contribution >= 0.6 is 0 Å². The second kappa shape index (κ2) is 5.14. The summed E-state index contributed by atoms with van der Waals surface area (Å²) in [5.41, 5.74) is 0.122. The zero-order valence-electron chi connectivity index (χ0n) is 11.0. The molecule has 1 atom stereocenters. The van der Waals surface area contributed by atoms with Crippen LogP contribution in [-0.2, 0) is 17.2 Å². The van der Waals surface area contributed by atoms with Crippen LogP contribution in [-0.4, -0.2) is 53.0 Å². The molecule has 0 spiro atoms. The fourth-order valence-corrected chi connectivity index (χ4v) is 2.77. The molecular formula is C12H22N4O. The number of nitrogens with zero attached hydrogens (tertiary/aromatic N) is 4. The van der Waals surface area contributed by atoms with Crippen LogP contribution in [0.1, 0.15) is 25.6 Å². The number of hydrogen-bond acceptors (Lipinski definition) is 4. The monoisotopic (exact) mass is 238 g/mol. The second-order valence-electron chi connectivity index (χ2n) is 5.20. The molecule has 1 aliphatic heterocycles. The first-order valence-electron chi connectivity index (χ1n) is 6.21. The first-order valence-corrected chi connectivity index (χ1v) is 6.21. The van der Waals surface area contributed by atoms with Crippen molar-refractivity contribution in [3.05, 3.63) is 12.2 Å². The molecule has 2 rings (SSSR count). The van der Waals surface area contributed by atoms with E-state index in [-0.39, 0.29) is 5.41 Å². The van der Waals surface area contributed by atoms with E-state index in [1.807, 2.05) is 11.6 Å². The Morgan fingerprint density at radius 2 is 2.35 bits per heavy atom. The van der Waals surface area contributed by atoms with E-state index in [0.717, 1.165) is 32.1 Å². The lowest BCUT2D eigenvalue weighted by Crippen LogP contribution is -2.46. The van der Waals surface area contributed by atoms with Gasteiger partial charge in [0.25, 0.3) is 0 Å². The van der Waals surface area contributed by atoms with Gasteiger partial charge in [-0.3, -0.25) is 0 Å². The first kappa shape index (κ1) is 12.5. The van der Waals surface area contributed by atoms with Gasteiger partial charge >= 0.3 is 0 Å². The van der Waals surface area contributed by atoms with Gasteiger partial charge in [0.1, 0.15) is 12.2 Å². The summed E-state index contributed by atoms with van der Waals surface area (Å²) in [4.78, 5) is 2.46. The number of rotatable bonds is 4. The maximum absolute atomic E-state index is 5.15. The van der Waals surface area contributed by atoms with E-state index in [0.29, 0.717) is 0 Å². The van der Waals surface area contributed by atoms with Gasteiger partial charge in [0.15, 0.2) is 0 Å². The number of hydrogen-bond donors (Lipinski definition) is 0. The molecule has 0 bridgehead atoms. The van der Waals surface area contributed by atoms with E-state index in [1.54, 1.807) is 13.4 Å². The molecule has 17 heavy (non-hydrogen) atoms. The number of piperidine rings is 1. The lowest BCUT2D eigenvalue weighted by molar-refractivity contribution is 0.102. The fourth-order valence-electron chi connectivity index (χ4n) is 2.77. The number of methoxy groups -OCH3 is 1. The van der Waals surface area contributed by atoms with Gasteiger partial charge < -0.3 is 14.2 Å². The molecule has 0 saturated carbocycles. The zero-order chi connectivity index (χ0) is 12.3. The molecule has 2 heterocycles. The number of ether oxygens (including phenoxy) is 1. The predicted molar refractivity (Wildman–Crippen MR) is 65.9 cm³/mol. The second-order valence-corrected chi connectivity index (χ2v) is 5.20. The van der Waals surface area contributed by atoms with E-state index < -0.39 is 0 Å². The maximum Gasteiger partial charge on any atom is 0.139 e. The summed E-state index contributed by atoms with van der Waals surface area (Å²) in [7, 11) is 3.78. The molecule has 0 aliphatic carbocycles. The molecule has 1 aliphatic rings. The molecule has 1 saturated heterocycles. The minimum absolute atomic E-state index is 0.122. The van der Waals surface area contributed by atoms with Crippen molar-refractivity contribution in [3.8, 4) is 0 Å². The highest BCUT2D eigenvalue weighted by Gasteiger charge is 2.35. The molecule has 1 aromatic rings. The predicted octanol–water partition coefficient (Wildman–Crippen LogP) is 0.815. The Morgan fingerprint density at radius 3 is 3.00 bits per heavy atom. The van der Waals surface area contributed by atoms with Crippen LogP contribution in [0.4, 0.5) is 0 Å². The Labute approximate surface area is 103 Å². The molecule has 5 heteroatoms. The van der Waals surface area contributed by atoms with Gasteiger partial charge in [-0.25, -0.2) is 0 Å². The van der Waals surface area contributed by atoms with Crippen molar-refractivity contribution in [2.75, 3.05) is 33.4 Å². The van der Waals surface area contributed by atoms with E-state index in [9.17, 15) is 0 Å². The van der Waals surface area contributed by atoms with Crippen molar-refractivity contribution in [1.82, 2.24) is 19.7 Å². The highest BCUT2D eigenvalue weighted by molar-refractivity contribution is 5.08. The Morgan fingerprint density at radius 1 is 1.53 bits per heavy atom. The quantitative estimate of drug-likeness (QED) is 0.779. The normalized spacial score (nSPS) is 26.3. The van der Waals surface area contributed by atoms with E-state index in [2.05, 4.69) is 22.0 Å². The third-order valence-corrected chi connectivity index (χ3v) is 3.64. The van der Waals surface area contributed by atoms with Crippen LogP contribution in [0.5, 0.6) is 0 Å². The summed E-state index contributed by atoms with van der Waals surface area (Å²) in [5.74, 6) is 1.10. The van der Waals surface area contributed by atoms with Gasteiger partial charge in [-0.2, -0.15) is 0 Å². The Kier molecular flexibility index (Phi) is 3.79. The van der Waals surface area contributed by atoms with Crippen LogP contribution < -0.4 is 0 Å². The minimum atomic E-state index is 0.122. The SMILES string of the molecule is COCCN1CCC[C@@](C)(c2nncn2C)C1. The van der Waals surface area contributed by atoms with Gasteiger partial charge in [-0.15, -0.1) is 10.2 Å². The fraction of sp³-hybridized carbons (Fsp3) is 0.833. The minimum Gasteiger partial charge on any atom is -0.383 e. The zero-order valence-corrected chi connectivity index (χ0v) is 11.0. The molecule has 96 valence electrons. The van der Waals surface area contributed by atoms with E-state index in [4.69, 9.17) is 4.74 Å². The smallest absolute Gasteiger partial charge is 0.139 e. The van der Waals surface area contributed by atoms with Gasteiger partial charge in [0.2, 0.25) is 0 Å². The van der Waals surface area contributed by atoms with E-state index >= 15 is 0 Å². The molecule has 0 radical (unpaired) electrons. The number of aryl methyl sites for hydroxylation is 1. The van der Waals surface area contributed by atoms with Crippen LogP contribution in [0.2, 0.25) is 0 Å². The Bertz CT molecular complexity index is 365. The average molecular weight is 238 g/mol. The van der Waals surface area contributed by atoms with Gasteiger partial charge in [0, 0.05) is 32.7 Å². The van der Waals surface area contributed by atoms with Crippen molar-refractivity contribution < 1.29 is 4.74 Å². The summed E-state index contributed by atoms with van der Waals surface area (Å²) in [6.45, 7) is 6.30. The lowest BCUT2D eigenvalue weighted by Gasteiger charge is -2.39. The largest absolute Gasteiger partial charge is 0.383 e. The Hall–Kier alpha value is -0.940. The maximum atomic E-state index is 5.15. The molecular weight excluding hydrogens is 216 g/mol. The average Bonchev–Trinajstić information content (AvgIpc) is 2.74. The summed E-state index contributed by atoms with van der Waals surface area (Å²) < 4.78 is 7.19. The molecule has 0 N–H and O–H groups in total. The van der Waals surface area contributed by atoms with E-state index in [1.165, 1.54) is 12.8 Å². The van der Waals surface area contributed by atoms with Gasteiger partial charge in [-0.05, 0) is 19.4 Å². The highest BCUT2D eigenvalue weighted by atomic mass is 16.5. The summed E-state index contributed by atoms with van der Waals surface area (Å²) in [5, 5.41) is 8.28. The number of likely N-dealkylation sites (tertiary alicyclic amines) is 1. The van der Waals surface area contributed by atoms with Crippen molar-refractivity contribution in [1.29, 1.82) is 0 Å². The standard InChI is InChI=1S/C12H22N4O/c1-12(11-14-13-10-15(11)2)5-4-6-16(9-12)7-8-17-3/h10H,4-9H2,1-3H3/t12-/m1/s1. The molecule has 1 fully saturated rings. The lowest BCUT2D eigenvalue weighted by atomic mass is 9.81. The van der Waals surface area contributed by atoms with Crippen LogP contribution in [0.15, 0.2) is 6.33 Å². The molecule has 1 aromatic heterocycles. The van der Waals surface area contributed by atoms with Gasteiger partial charge in [-0.1, -0.05) is 6.92 Å². The highest BCUT2D eigenvalue weighted by Crippen LogP contribution is 2.31. The van der Waals surface area contributed by atoms with Crippen LogP contribution in [0, 0.1) is 0 Å². The molecule has 0 amide bonds. The Balaban J connectivity index is 2.07. The first-order chi connectivity index (χ1) is 8.15.